The summed E-state index contributed by atoms with van der Waals surface area (Å²) in [6, 6.07) is 4.11. The lowest BCUT2D eigenvalue weighted by molar-refractivity contribution is -0.00520. The zero-order valence-electron chi connectivity index (χ0n) is 29.3. The van der Waals surface area contributed by atoms with Gasteiger partial charge in [-0.2, -0.15) is 0 Å². The van der Waals surface area contributed by atoms with E-state index in [9.17, 15) is 0 Å². The fourth-order valence-electron chi connectivity index (χ4n) is 12.3. The van der Waals surface area contributed by atoms with Gasteiger partial charge in [-0.05, 0) is 133 Å². The van der Waals surface area contributed by atoms with Crippen LogP contribution in [0.3, 0.4) is 0 Å². The molecule has 3 spiro atoms. The average Bonchev–Trinajstić information content (AvgIpc) is 3.23. The molecule has 6 aliphatic rings. The number of hydrogen-bond acceptors (Lipinski definition) is 3. The van der Waals surface area contributed by atoms with Crippen LogP contribution in [-0.2, 0) is 0 Å². The summed E-state index contributed by atoms with van der Waals surface area (Å²) in [4.78, 5) is 8.82. The summed E-state index contributed by atoms with van der Waals surface area (Å²) in [5, 5.41) is 0. The molecule has 7 unspecified atom stereocenters. The monoisotopic (exact) mass is 578 g/mol. The predicted octanol–water partition coefficient (Wildman–Crippen LogP) is 8.66. The molecule has 3 heterocycles. The van der Waals surface area contributed by atoms with Crippen LogP contribution >= 0.6 is 0 Å². The molecule has 0 aromatic heterocycles. The standard InChI is InChI=1S/C39H67N3/c1-26(2)34-38(16-13-17-38)32(24-41(34)28(5)6)23-31(10)36-39(14-11-12-15-39)33(25-42(36)29(7)8)22-30(9)35-37(18-19-37)20-21-40(35)27(3)4/h11-12,14-15,26-36H,13,16-25H2,1-10H3. The fraction of sp³-hybridized carbons (Fsp3) is 0.897. The van der Waals surface area contributed by atoms with E-state index in [0.717, 1.165) is 35.8 Å². The second-order valence-electron chi connectivity index (χ2n) is 17.7. The Balaban J connectivity index is 1.26. The molecular weight excluding hydrogens is 510 g/mol. The van der Waals surface area contributed by atoms with Gasteiger partial charge in [-0.1, -0.05) is 58.4 Å². The molecule has 3 aliphatic carbocycles. The molecule has 0 aromatic carbocycles. The maximum atomic E-state index is 2.98. The Labute approximate surface area is 260 Å². The van der Waals surface area contributed by atoms with Gasteiger partial charge < -0.3 is 0 Å². The molecule has 0 aromatic rings. The summed E-state index contributed by atoms with van der Waals surface area (Å²) in [6.07, 6.45) is 21.8. The van der Waals surface area contributed by atoms with Crippen LogP contribution in [-0.4, -0.2) is 70.6 Å². The van der Waals surface area contributed by atoms with E-state index >= 15 is 0 Å². The van der Waals surface area contributed by atoms with Gasteiger partial charge in [0, 0.05) is 54.8 Å². The molecule has 0 N–H and O–H groups in total. The van der Waals surface area contributed by atoms with E-state index in [1.54, 1.807) is 0 Å². The summed E-state index contributed by atoms with van der Waals surface area (Å²) >= 11 is 0. The molecule has 42 heavy (non-hydrogen) atoms. The summed E-state index contributed by atoms with van der Waals surface area (Å²) < 4.78 is 0. The van der Waals surface area contributed by atoms with Gasteiger partial charge in [0.05, 0.1) is 0 Å². The minimum absolute atomic E-state index is 0.205. The van der Waals surface area contributed by atoms with Crippen LogP contribution in [0.4, 0.5) is 0 Å². The van der Waals surface area contributed by atoms with E-state index < -0.39 is 0 Å². The zero-order chi connectivity index (χ0) is 30.2. The maximum Gasteiger partial charge on any atom is 0.0266 e. The van der Waals surface area contributed by atoms with Gasteiger partial charge in [-0.25, -0.2) is 0 Å². The second-order valence-corrected chi connectivity index (χ2v) is 17.7. The molecule has 3 nitrogen and oxygen atoms in total. The number of nitrogens with zero attached hydrogens (tertiary/aromatic N) is 3. The Hall–Kier alpha value is -0.640. The Kier molecular flexibility index (Phi) is 8.44. The van der Waals surface area contributed by atoms with Gasteiger partial charge in [-0.15, -0.1) is 0 Å². The van der Waals surface area contributed by atoms with Crippen molar-refractivity contribution < 1.29 is 0 Å². The van der Waals surface area contributed by atoms with Crippen molar-refractivity contribution in [3.63, 3.8) is 0 Å². The van der Waals surface area contributed by atoms with E-state index in [4.69, 9.17) is 0 Å². The minimum atomic E-state index is 0.205. The number of hydrogen-bond donors (Lipinski definition) is 0. The fourth-order valence-corrected chi connectivity index (χ4v) is 12.3. The van der Waals surface area contributed by atoms with Crippen LogP contribution < -0.4 is 0 Å². The Morgan fingerprint density at radius 3 is 1.62 bits per heavy atom. The van der Waals surface area contributed by atoms with Crippen LogP contribution in [0.5, 0.6) is 0 Å². The Bertz CT molecular complexity index is 1000. The van der Waals surface area contributed by atoms with Crippen molar-refractivity contribution in [2.75, 3.05) is 19.6 Å². The second kappa shape index (κ2) is 11.3. The van der Waals surface area contributed by atoms with Gasteiger partial charge in [-0.3, -0.25) is 14.7 Å². The highest BCUT2D eigenvalue weighted by molar-refractivity contribution is 5.33. The topological polar surface area (TPSA) is 9.72 Å². The minimum Gasteiger partial charge on any atom is -0.297 e. The van der Waals surface area contributed by atoms with Crippen molar-refractivity contribution in [2.24, 2.45) is 45.8 Å². The summed E-state index contributed by atoms with van der Waals surface area (Å²) in [6.45, 7) is 29.0. The molecule has 3 saturated heterocycles. The highest BCUT2D eigenvalue weighted by Crippen LogP contribution is 2.63. The lowest BCUT2D eigenvalue weighted by Gasteiger charge is -2.51. The molecule has 2 saturated carbocycles. The number of allylic oxidation sites excluding steroid dienone is 2. The third kappa shape index (κ3) is 4.84. The van der Waals surface area contributed by atoms with Crippen molar-refractivity contribution in [1.29, 1.82) is 0 Å². The highest BCUT2D eigenvalue weighted by atomic mass is 15.3. The van der Waals surface area contributed by atoms with E-state index in [1.165, 1.54) is 71.0 Å². The van der Waals surface area contributed by atoms with Crippen LogP contribution in [0.2, 0.25) is 0 Å². The van der Waals surface area contributed by atoms with Crippen molar-refractivity contribution >= 4 is 0 Å². The first-order valence-electron chi connectivity index (χ1n) is 18.5. The first-order valence-corrected chi connectivity index (χ1v) is 18.5. The molecule has 6 rings (SSSR count). The van der Waals surface area contributed by atoms with Crippen molar-refractivity contribution in [3.8, 4) is 0 Å². The number of likely N-dealkylation sites (tertiary alicyclic amines) is 3. The van der Waals surface area contributed by atoms with Crippen molar-refractivity contribution in [2.45, 2.75) is 157 Å². The maximum absolute atomic E-state index is 2.98. The normalized spacial score (nSPS) is 36.7. The first-order chi connectivity index (χ1) is 19.9. The van der Waals surface area contributed by atoms with Crippen LogP contribution in [0.1, 0.15) is 121 Å². The SMILES string of the molecule is CC(C)C1N(C(C)C)CC(CC(C)C2N(C(C)C)CC(CC(C)C3N(C(C)C)CCC34CC4)C23C=CC=C3)C12CCC2. The van der Waals surface area contributed by atoms with Crippen LogP contribution in [0, 0.1) is 45.8 Å². The summed E-state index contributed by atoms with van der Waals surface area (Å²) in [5.41, 5.74) is 1.42. The van der Waals surface area contributed by atoms with Gasteiger partial charge in [0.2, 0.25) is 0 Å². The summed E-state index contributed by atoms with van der Waals surface area (Å²) in [7, 11) is 0. The third-order valence-corrected chi connectivity index (χ3v) is 14.1. The largest absolute Gasteiger partial charge is 0.297 e. The third-order valence-electron chi connectivity index (χ3n) is 14.1. The Morgan fingerprint density at radius 2 is 1.12 bits per heavy atom. The molecular formula is C39H67N3. The van der Waals surface area contributed by atoms with Crippen molar-refractivity contribution in [1.82, 2.24) is 14.7 Å². The molecule has 0 amide bonds. The number of rotatable bonds is 10. The van der Waals surface area contributed by atoms with E-state index in [2.05, 4.69) is 108 Å². The van der Waals surface area contributed by atoms with Gasteiger partial charge >= 0.3 is 0 Å². The quantitative estimate of drug-likeness (QED) is 0.257. The molecule has 3 heteroatoms. The van der Waals surface area contributed by atoms with Crippen molar-refractivity contribution in [3.05, 3.63) is 24.3 Å². The van der Waals surface area contributed by atoms with Crippen LogP contribution in [0.15, 0.2) is 24.3 Å². The molecule has 3 aliphatic heterocycles. The first kappa shape index (κ1) is 31.3. The average molecular weight is 578 g/mol. The van der Waals surface area contributed by atoms with Gasteiger partial charge in [0.25, 0.3) is 0 Å². The van der Waals surface area contributed by atoms with E-state index in [1.807, 2.05) is 0 Å². The van der Waals surface area contributed by atoms with E-state index in [0.29, 0.717) is 40.9 Å². The lowest BCUT2D eigenvalue weighted by Crippen LogP contribution is -2.51. The molecule has 5 fully saturated rings. The Morgan fingerprint density at radius 1 is 0.595 bits per heavy atom. The molecule has 0 radical (unpaired) electrons. The van der Waals surface area contributed by atoms with Crippen LogP contribution in [0.25, 0.3) is 0 Å². The summed E-state index contributed by atoms with van der Waals surface area (Å²) in [5.74, 6) is 3.79. The predicted molar refractivity (Wildman–Crippen MR) is 180 cm³/mol. The zero-order valence-corrected chi connectivity index (χ0v) is 29.3. The molecule has 238 valence electrons. The van der Waals surface area contributed by atoms with E-state index in [-0.39, 0.29) is 5.41 Å². The van der Waals surface area contributed by atoms with Gasteiger partial charge in [0.15, 0.2) is 0 Å². The van der Waals surface area contributed by atoms with Gasteiger partial charge in [0.1, 0.15) is 0 Å². The molecule has 7 atom stereocenters. The molecule has 0 bridgehead atoms. The highest BCUT2D eigenvalue weighted by Gasteiger charge is 2.62. The smallest absolute Gasteiger partial charge is 0.0266 e. The lowest BCUT2D eigenvalue weighted by atomic mass is 9.55.